The Morgan fingerprint density at radius 3 is 3.05 bits per heavy atom. The average molecular weight is 313 g/mol. The molecule has 1 aromatic heterocycles. The van der Waals surface area contributed by atoms with Crippen LogP contribution < -0.4 is 0 Å². The Bertz CT molecular complexity index is 645. The predicted octanol–water partition coefficient (Wildman–Crippen LogP) is 2.76. The molecule has 5 heteroatoms. The van der Waals surface area contributed by atoms with Crippen molar-refractivity contribution in [3.05, 3.63) is 48.5 Å². The molecule has 2 atom stereocenters. The number of aromatic nitrogens is 2. The number of hydrogen-bond acceptors (Lipinski definition) is 3. The van der Waals surface area contributed by atoms with Gasteiger partial charge in [0.2, 0.25) is 5.91 Å². The molecule has 1 amide bonds. The minimum atomic E-state index is 0.0546. The van der Waals surface area contributed by atoms with Gasteiger partial charge in [0, 0.05) is 30.4 Å². The first-order chi connectivity index (χ1) is 10.8. The van der Waals surface area contributed by atoms with Crippen LogP contribution in [-0.4, -0.2) is 38.7 Å². The van der Waals surface area contributed by atoms with Crippen LogP contribution in [0.25, 0.3) is 0 Å². The monoisotopic (exact) mass is 313 g/mol. The summed E-state index contributed by atoms with van der Waals surface area (Å²) in [5.74, 6) is 0.297. The molecule has 22 heavy (non-hydrogen) atoms. The van der Waals surface area contributed by atoms with E-state index >= 15 is 0 Å². The van der Waals surface area contributed by atoms with Crippen LogP contribution in [0.15, 0.2) is 47.9 Å². The zero-order valence-electron chi connectivity index (χ0n) is 12.4. The molecule has 1 aromatic carbocycles. The number of likely N-dealkylation sites (tertiary alicyclic amines) is 1. The van der Waals surface area contributed by atoms with Gasteiger partial charge in [0.1, 0.15) is 0 Å². The van der Waals surface area contributed by atoms with Gasteiger partial charge >= 0.3 is 0 Å². The second-order valence-corrected chi connectivity index (χ2v) is 7.25. The maximum atomic E-state index is 12.9. The molecule has 0 N–H and O–H groups in total. The molecular formula is C17H19N3OS. The highest BCUT2D eigenvalue weighted by Crippen LogP contribution is 2.38. The maximum Gasteiger partial charge on any atom is 0.236 e. The number of rotatable bonds is 2. The summed E-state index contributed by atoms with van der Waals surface area (Å²) in [6.45, 7) is 1.69. The number of nitrogens with zero attached hydrogens (tertiary/aromatic N) is 3. The summed E-state index contributed by atoms with van der Waals surface area (Å²) in [7, 11) is 0. The molecule has 0 unspecified atom stereocenters. The Balaban J connectivity index is 1.45. The van der Waals surface area contributed by atoms with Gasteiger partial charge in [0.05, 0.1) is 17.6 Å². The number of piperidine rings is 1. The highest BCUT2D eigenvalue weighted by Gasteiger charge is 2.33. The summed E-state index contributed by atoms with van der Waals surface area (Å²) >= 11 is 1.73. The fourth-order valence-electron chi connectivity index (χ4n) is 3.41. The van der Waals surface area contributed by atoms with Gasteiger partial charge in [-0.05, 0) is 30.9 Å². The fraction of sp³-hybridized carbons (Fsp3) is 0.412. The van der Waals surface area contributed by atoms with E-state index in [4.69, 9.17) is 0 Å². The van der Waals surface area contributed by atoms with Crippen molar-refractivity contribution in [3.8, 4) is 0 Å². The van der Waals surface area contributed by atoms with Crippen LogP contribution in [-0.2, 0) is 11.2 Å². The first-order valence-corrected chi connectivity index (χ1v) is 8.70. The van der Waals surface area contributed by atoms with E-state index in [9.17, 15) is 4.79 Å². The molecule has 0 bridgehead atoms. The quantitative estimate of drug-likeness (QED) is 0.855. The van der Waals surface area contributed by atoms with E-state index < -0.39 is 0 Å². The van der Waals surface area contributed by atoms with E-state index in [-0.39, 0.29) is 5.25 Å². The molecule has 3 heterocycles. The van der Waals surface area contributed by atoms with Crippen molar-refractivity contribution in [1.29, 1.82) is 0 Å². The number of hydrogen-bond donors (Lipinski definition) is 0. The van der Waals surface area contributed by atoms with Crippen molar-refractivity contribution in [3.63, 3.8) is 0 Å². The van der Waals surface area contributed by atoms with E-state index in [1.807, 2.05) is 18.7 Å². The van der Waals surface area contributed by atoms with Gasteiger partial charge in [-0.3, -0.25) is 4.79 Å². The number of carbonyl (C=O) groups is 1. The van der Waals surface area contributed by atoms with Crippen LogP contribution >= 0.6 is 11.8 Å². The molecule has 1 saturated heterocycles. The Morgan fingerprint density at radius 1 is 1.32 bits per heavy atom. The Morgan fingerprint density at radius 2 is 2.23 bits per heavy atom. The lowest BCUT2D eigenvalue weighted by Gasteiger charge is -2.34. The van der Waals surface area contributed by atoms with Crippen molar-refractivity contribution in [2.75, 3.05) is 13.1 Å². The first-order valence-electron chi connectivity index (χ1n) is 7.82. The molecule has 2 aliphatic rings. The van der Waals surface area contributed by atoms with Crippen LogP contribution in [0.4, 0.5) is 0 Å². The lowest BCUT2D eigenvalue weighted by atomic mass is 10.0. The summed E-state index contributed by atoms with van der Waals surface area (Å²) in [6, 6.07) is 8.74. The van der Waals surface area contributed by atoms with E-state index in [0.29, 0.717) is 11.9 Å². The lowest BCUT2D eigenvalue weighted by molar-refractivity contribution is -0.132. The molecule has 0 spiro atoms. The normalized spacial score (nSPS) is 24.3. The zero-order valence-corrected chi connectivity index (χ0v) is 13.2. The third-order valence-electron chi connectivity index (χ3n) is 4.58. The minimum absolute atomic E-state index is 0.0546. The molecule has 0 aliphatic carbocycles. The number of thioether (sulfide) groups is 1. The van der Waals surface area contributed by atoms with Crippen LogP contribution in [0.3, 0.4) is 0 Å². The van der Waals surface area contributed by atoms with Gasteiger partial charge in [-0.2, -0.15) is 0 Å². The summed E-state index contributed by atoms with van der Waals surface area (Å²) in [6.07, 6.45) is 8.73. The second kappa shape index (κ2) is 5.80. The number of fused-ring (bicyclic) bond motifs is 1. The van der Waals surface area contributed by atoms with Gasteiger partial charge in [-0.1, -0.05) is 18.2 Å². The topological polar surface area (TPSA) is 38.1 Å². The minimum Gasteiger partial charge on any atom is -0.340 e. The molecule has 114 valence electrons. The van der Waals surface area contributed by atoms with E-state index in [2.05, 4.69) is 38.7 Å². The Hall–Kier alpha value is -1.75. The number of carbonyl (C=O) groups excluding carboxylic acids is 1. The molecule has 2 aliphatic heterocycles. The highest BCUT2D eigenvalue weighted by molar-refractivity contribution is 8.01. The van der Waals surface area contributed by atoms with Gasteiger partial charge in [-0.25, -0.2) is 4.98 Å². The van der Waals surface area contributed by atoms with Gasteiger partial charge in [-0.15, -0.1) is 11.8 Å². The van der Waals surface area contributed by atoms with Crippen LogP contribution in [0.1, 0.15) is 24.4 Å². The molecular weight excluding hydrogens is 294 g/mol. The highest BCUT2D eigenvalue weighted by atomic mass is 32.2. The number of amides is 1. The maximum absolute atomic E-state index is 12.9. The smallest absolute Gasteiger partial charge is 0.236 e. The van der Waals surface area contributed by atoms with Gasteiger partial charge in [0.25, 0.3) is 0 Å². The van der Waals surface area contributed by atoms with E-state index in [1.165, 1.54) is 10.5 Å². The van der Waals surface area contributed by atoms with E-state index in [0.717, 1.165) is 32.4 Å². The summed E-state index contributed by atoms with van der Waals surface area (Å²) in [5, 5.41) is 0.0546. The summed E-state index contributed by atoms with van der Waals surface area (Å²) in [5.41, 5.74) is 1.31. The molecule has 1 fully saturated rings. The van der Waals surface area contributed by atoms with Crippen LogP contribution in [0, 0.1) is 0 Å². The van der Waals surface area contributed by atoms with Crippen molar-refractivity contribution in [2.24, 2.45) is 0 Å². The lowest BCUT2D eigenvalue weighted by Crippen LogP contribution is -2.44. The third kappa shape index (κ3) is 2.54. The van der Waals surface area contributed by atoms with E-state index in [1.54, 1.807) is 11.8 Å². The summed E-state index contributed by atoms with van der Waals surface area (Å²) < 4.78 is 2.13. The summed E-state index contributed by atoms with van der Waals surface area (Å²) in [4.78, 5) is 20.3. The molecule has 0 saturated carbocycles. The standard InChI is InChI=1S/C17H19N3OS/c21-17(16-10-13-4-1-2-6-15(13)22-16)19-8-3-5-14(11-19)20-9-7-18-12-20/h1-2,4,6-7,9,12,14,16H,3,5,8,10-11H2/t14-,16-/m0/s1. The van der Waals surface area contributed by atoms with Crippen molar-refractivity contribution in [1.82, 2.24) is 14.5 Å². The third-order valence-corrected chi connectivity index (χ3v) is 5.88. The van der Waals surface area contributed by atoms with Gasteiger partial charge < -0.3 is 9.47 Å². The number of benzene rings is 1. The number of imidazole rings is 1. The Labute approximate surface area is 134 Å². The largest absolute Gasteiger partial charge is 0.340 e. The van der Waals surface area contributed by atoms with Crippen LogP contribution in [0.5, 0.6) is 0 Å². The SMILES string of the molecule is O=C([C@@H]1Cc2ccccc2S1)N1CCC[C@H](n2ccnc2)C1. The average Bonchev–Trinajstić information content (AvgIpc) is 3.23. The predicted molar refractivity (Wildman–Crippen MR) is 86.9 cm³/mol. The first kappa shape index (κ1) is 13.9. The zero-order chi connectivity index (χ0) is 14.9. The molecule has 4 rings (SSSR count). The molecule has 4 nitrogen and oxygen atoms in total. The molecule has 2 aromatic rings. The van der Waals surface area contributed by atoms with Crippen molar-refractivity contribution in [2.45, 2.75) is 35.4 Å². The van der Waals surface area contributed by atoms with Crippen molar-refractivity contribution < 1.29 is 4.79 Å². The fourth-order valence-corrected chi connectivity index (χ4v) is 4.69. The molecule has 0 radical (unpaired) electrons. The van der Waals surface area contributed by atoms with Crippen molar-refractivity contribution >= 4 is 17.7 Å². The second-order valence-electron chi connectivity index (χ2n) is 6.01. The van der Waals surface area contributed by atoms with Crippen LogP contribution in [0.2, 0.25) is 0 Å². The van der Waals surface area contributed by atoms with Gasteiger partial charge in [0.15, 0.2) is 0 Å². The Kier molecular flexibility index (Phi) is 3.66.